The Labute approximate surface area is 176 Å². The van der Waals surface area contributed by atoms with Gasteiger partial charge in [0.1, 0.15) is 28.7 Å². The highest BCUT2D eigenvalue weighted by molar-refractivity contribution is 7.21. The predicted molar refractivity (Wildman–Crippen MR) is 118 cm³/mol. The molecule has 6 heteroatoms. The number of ether oxygens (including phenoxy) is 2. The number of methoxy groups -OCH3 is 1. The zero-order chi connectivity index (χ0) is 20.5. The van der Waals surface area contributed by atoms with Gasteiger partial charge >= 0.3 is 5.63 Å². The van der Waals surface area contributed by atoms with Crippen molar-refractivity contribution in [1.29, 1.82) is 0 Å². The van der Waals surface area contributed by atoms with E-state index in [1.165, 1.54) is 11.3 Å². The Morgan fingerprint density at radius 3 is 2.73 bits per heavy atom. The van der Waals surface area contributed by atoms with Crippen molar-refractivity contribution >= 4 is 32.5 Å². The molecule has 0 aliphatic carbocycles. The predicted octanol–water partition coefficient (Wildman–Crippen LogP) is 5.66. The second-order valence-corrected chi connectivity index (χ2v) is 7.80. The summed E-state index contributed by atoms with van der Waals surface area (Å²) >= 11 is 1.48. The van der Waals surface area contributed by atoms with Gasteiger partial charge in [-0.2, -0.15) is 0 Å². The maximum absolute atomic E-state index is 12.6. The highest BCUT2D eigenvalue weighted by atomic mass is 32.1. The molecule has 0 unspecified atom stereocenters. The molecule has 0 amide bonds. The summed E-state index contributed by atoms with van der Waals surface area (Å²) in [6, 6.07) is 22.8. The van der Waals surface area contributed by atoms with Crippen LogP contribution in [-0.2, 0) is 6.61 Å². The third-order valence-electron chi connectivity index (χ3n) is 4.77. The van der Waals surface area contributed by atoms with E-state index in [1.54, 1.807) is 13.2 Å². The van der Waals surface area contributed by atoms with Crippen LogP contribution in [0, 0.1) is 0 Å². The molecule has 3 aromatic carbocycles. The molecule has 0 radical (unpaired) electrons. The highest BCUT2D eigenvalue weighted by Crippen LogP contribution is 2.30. The summed E-state index contributed by atoms with van der Waals surface area (Å²) in [5, 5.41) is 1.47. The van der Waals surface area contributed by atoms with Gasteiger partial charge in [0, 0.05) is 11.5 Å². The summed E-state index contributed by atoms with van der Waals surface area (Å²) in [4.78, 5) is 17.2. The van der Waals surface area contributed by atoms with Crippen molar-refractivity contribution in [1.82, 2.24) is 4.98 Å². The molecule has 30 heavy (non-hydrogen) atoms. The van der Waals surface area contributed by atoms with Gasteiger partial charge in [0.2, 0.25) is 0 Å². The average Bonchev–Trinajstić information content (AvgIpc) is 3.21. The molecule has 0 atom stereocenters. The van der Waals surface area contributed by atoms with Gasteiger partial charge in [0.05, 0.1) is 22.9 Å². The van der Waals surface area contributed by atoms with Crippen LogP contribution in [0.2, 0.25) is 0 Å². The maximum atomic E-state index is 12.6. The van der Waals surface area contributed by atoms with Crippen molar-refractivity contribution in [2.45, 2.75) is 6.61 Å². The molecule has 0 fully saturated rings. The summed E-state index contributed by atoms with van der Waals surface area (Å²) in [5.74, 6) is 1.41. The van der Waals surface area contributed by atoms with E-state index < -0.39 is 5.63 Å². The van der Waals surface area contributed by atoms with Gasteiger partial charge in [-0.3, -0.25) is 0 Å². The van der Waals surface area contributed by atoms with E-state index in [-0.39, 0.29) is 0 Å². The zero-order valence-corrected chi connectivity index (χ0v) is 16.9. The topological polar surface area (TPSA) is 61.6 Å². The van der Waals surface area contributed by atoms with Crippen LogP contribution in [0.15, 0.2) is 82.0 Å². The molecular formula is C24H17NO4S. The first-order chi connectivity index (χ1) is 14.7. The number of benzene rings is 3. The van der Waals surface area contributed by atoms with Crippen molar-refractivity contribution in [3.63, 3.8) is 0 Å². The van der Waals surface area contributed by atoms with Crippen LogP contribution in [0.3, 0.4) is 0 Å². The third kappa shape index (κ3) is 3.53. The van der Waals surface area contributed by atoms with Crippen LogP contribution in [0.4, 0.5) is 0 Å². The van der Waals surface area contributed by atoms with Gasteiger partial charge in [-0.1, -0.05) is 24.3 Å². The second-order valence-electron chi connectivity index (χ2n) is 6.77. The lowest BCUT2D eigenvalue weighted by Crippen LogP contribution is -2.02. The molecular weight excluding hydrogens is 398 g/mol. The number of thiazole rings is 1. The van der Waals surface area contributed by atoms with Crippen LogP contribution in [0.25, 0.3) is 31.8 Å². The fourth-order valence-corrected chi connectivity index (χ4v) is 4.22. The molecule has 2 heterocycles. The first-order valence-electron chi connectivity index (χ1n) is 9.39. The molecule has 0 bridgehead atoms. The van der Waals surface area contributed by atoms with E-state index in [2.05, 4.69) is 4.98 Å². The van der Waals surface area contributed by atoms with Gasteiger partial charge in [-0.05, 0) is 48.0 Å². The first kappa shape index (κ1) is 18.4. The molecule has 0 spiro atoms. The van der Waals surface area contributed by atoms with Gasteiger partial charge < -0.3 is 13.9 Å². The zero-order valence-electron chi connectivity index (χ0n) is 16.1. The molecule has 0 N–H and O–H groups in total. The number of hydrogen-bond acceptors (Lipinski definition) is 6. The van der Waals surface area contributed by atoms with Gasteiger partial charge in [-0.15, -0.1) is 11.3 Å². The molecule has 0 saturated carbocycles. The van der Waals surface area contributed by atoms with E-state index >= 15 is 0 Å². The summed E-state index contributed by atoms with van der Waals surface area (Å²) in [6.07, 6.45) is 0. The van der Waals surface area contributed by atoms with Crippen LogP contribution in [-0.4, -0.2) is 12.1 Å². The Morgan fingerprint density at radius 2 is 1.87 bits per heavy atom. The molecule has 0 saturated heterocycles. The highest BCUT2D eigenvalue weighted by Gasteiger charge is 2.13. The third-order valence-corrected chi connectivity index (χ3v) is 5.84. The molecule has 2 aromatic heterocycles. The summed E-state index contributed by atoms with van der Waals surface area (Å²) in [6.45, 7) is 0.386. The summed E-state index contributed by atoms with van der Waals surface area (Å²) < 4.78 is 17.7. The minimum Gasteiger partial charge on any atom is -0.497 e. The number of rotatable bonds is 5. The number of para-hydroxylation sites is 1. The second kappa shape index (κ2) is 7.65. The van der Waals surface area contributed by atoms with E-state index in [0.717, 1.165) is 26.9 Å². The molecule has 5 aromatic rings. The molecule has 5 rings (SSSR count). The largest absolute Gasteiger partial charge is 0.497 e. The fraction of sp³-hybridized carbons (Fsp3) is 0.0833. The monoisotopic (exact) mass is 415 g/mol. The van der Waals surface area contributed by atoms with Crippen LogP contribution in [0.5, 0.6) is 11.5 Å². The van der Waals surface area contributed by atoms with Crippen molar-refractivity contribution in [2.75, 3.05) is 7.11 Å². The van der Waals surface area contributed by atoms with Crippen molar-refractivity contribution in [3.8, 4) is 22.1 Å². The summed E-state index contributed by atoms with van der Waals surface area (Å²) in [7, 11) is 1.63. The van der Waals surface area contributed by atoms with Gasteiger partial charge in [-0.25, -0.2) is 9.78 Å². The van der Waals surface area contributed by atoms with Gasteiger partial charge in [0.15, 0.2) is 0 Å². The van der Waals surface area contributed by atoms with E-state index in [1.807, 2.05) is 66.7 Å². The van der Waals surface area contributed by atoms with Gasteiger partial charge in [0.25, 0.3) is 0 Å². The first-order valence-corrected chi connectivity index (χ1v) is 10.2. The van der Waals surface area contributed by atoms with Crippen molar-refractivity contribution in [2.24, 2.45) is 0 Å². The maximum Gasteiger partial charge on any atom is 0.346 e. The smallest absolute Gasteiger partial charge is 0.346 e. The quantitative estimate of drug-likeness (QED) is 0.347. The fourth-order valence-electron chi connectivity index (χ4n) is 3.25. The molecule has 0 aliphatic heterocycles. The minimum atomic E-state index is -0.411. The number of hydrogen-bond donors (Lipinski definition) is 0. The van der Waals surface area contributed by atoms with E-state index in [9.17, 15) is 4.79 Å². The lowest BCUT2D eigenvalue weighted by atomic mass is 10.2. The van der Waals surface area contributed by atoms with Crippen LogP contribution < -0.4 is 15.1 Å². The Bertz CT molecular complexity index is 1390. The van der Waals surface area contributed by atoms with Crippen molar-refractivity contribution in [3.05, 3.63) is 88.8 Å². The van der Waals surface area contributed by atoms with Crippen LogP contribution >= 0.6 is 11.3 Å². The standard InChI is InChI=1S/C24H17NO4S/c1-27-17-6-4-5-15(11-17)14-28-18-10-9-16-12-19(24(26)29-21(16)13-18)23-25-20-7-2-3-8-22(20)30-23/h2-13H,14H2,1H3. The Kier molecular flexibility index (Phi) is 4.69. The number of fused-ring (bicyclic) bond motifs is 2. The lowest BCUT2D eigenvalue weighted by Gasteiger charge is -2.08. The minimum absolute atomic E-state index is 0.386. The Hall–Kier alpha value is -3.64. The molecule has 0 aliphatic rings. The lowest BCUT2D eigenvalue weighted by molar-refractivity contribution is 0.305. The SMILES string of the molecule is COc1cccc(COc2ccc3cc(-c4nc5ccccc5s4)c(=O)oc3c2)c1. The Morgan fingerprint density at radius 1 is 0.967 bits per heavy atom. The molecule has 5 nitrogen and oxygen atoms in total. The number of aromatic nitrogens is 1. The number of nitrogens with zero attached hydrogens (tertiary/aromatic N) is 1. The van der Waals surface area contributed by atoms with E-state index in [0.29, 0.717) is 28.5 Å². The van der Waals surface area contributed by atoms with E-state index in [4.69, 9.17) is 13.9 Å². The van der Waals surface area contributed by atoms with Crippen LogP contribution in [0.1, 0.15) is 5.56 Å². The Balaban J connectivity index is 1.44. The van der Waals surface area contributed by atoms with Crippen molar-refractivity contribution < 1.29 is 13.9 Å². The normalized spacial score (nSPS) is 11.1. The molecule has 148 valence electrons. The summed E-state index contributed by atoms with van der Waals surface area (Å²) in [5.41, 5.74) is 2.40. The average molecular weight is 415 g/mol.